The molecule has 0 aliphatic carbocycles. The van der Waals surface area contributed by atoms with Gasteiger partial charge >= 0.3 is 39.5 Å². The smallest absolute Gasteiger partial charge is 0.462 e. The first kappa shape index (κ1) is 89.1. The Morgan fingerprint density at radius 3 is 0.835 bits per heavy atom. The quantitative estimate of drug-likeness (QED) is 0.0222. The van der Waals surface area contributed by atoms with Crippen molar-refractivity contribution < 1.29 is 80.2 Å². The number of phosphoric ester groups is 2. The molecule has 17 nitrogen and oxygen atoms in total. The lowest BCUT2D eigenvalue weighted by Gasteiger charge is -2.21. The summed E-state index contributed by atoms with van der Waals surface area (Å²) in [6.07, 6.45) is 49.7. The summed E-state index contributed by atoms with van der Waals surface area (Å²) in [5, 5.41) is 10.6. The molecule has 0 saturated carbocycles. The minimum atomic E-state index is -4.95. The number of hydrogen-bond acceptors (Lipinski definition) is 15. The van der Waals surface area contributed by atoms with Gasteiger partial charge < -0.3 is 33.8 Å². The van der Waals surface area contributed by atoms with Crippen LogP contribution in [0.4, 0.5) is 0 Å². The van der Waals surface area contributed by atoms with Crippen LogP contribution in [-0.2, 0) is 65.4 Å². The Hall–Kier alpha value is -1.94. The molecule has 0 aromatic rings. The van der Waals surface area contributed by atoms with Gasteiger partial charge in [-0.2, -0.15) is 0 Å². The second-order valence-corrected chi connectivity index (χ2v) is 29.6. The highest BCUT2D eigenvalue weighted by atomic mass is 31.2. The molecule has 6 atom stereocenters. The third-order valence-electron chi connectivity index (χ3n) is 17.1. The molecule has 3 unspecified atom stereocenters. The van der Waals surface area contributed by atoms with Crippen molar-refractivity contribution in [2.24, 2.45) is 11.8 Å². The number of esters is 4. The van der Waals surface area contributed by atoms with Crippen LogP contribution in [0.3, 0.4) is 0 Å². The zero-order valence-electron chi connectivity index (χ0n) is 59.1. The summed E-state index contributed by atoms with van der Waals surface area (Å²) in [6, 6.07) is 0. The van der Waals surface area contributed by atoms with Crippen molar-refractivity contribution in [2.75, 3.05) is 39.6 Å². The molecule has 19 heteroatoms. The number of carbonyl (C=O) groups is 4. The lowest BCUT2D eigenvalue weighted by Crippen LogP contribution is -2.30. The van der Waals surface area contributed by atoms with Crippen LogP contribution in [0.5, 0.6) is 0 Å². The highest BCUT2D eigenvalue weighted by molar-refractivity contribution is 7.47. The number of aliphatic hydroxyl groups excluding tert-OH is 1. The molecule has 0 aromatic heterocycles. The van der Waals surface area contributed by atoms with Gasteiger partial charge in [0.25, 0.3) is 0 Å². The molecule has 0 radical (unpaired) electrons. The van der Waals surface area contributed by atoms with Gasteiger partial charge in [0.2, 0.25) is 0 Å². The summed E-state index contributed by atoms with van der Waals surface area (Å²) in [5.74, 6) is -0.565. The molecule has 0 spiro atoms. The maximum Gasteiger partial charge on any atom is 0.472 e. The predicted octanol–water partition coefficient (Wildman–Crippen LogP) is 20.8. The van der Waals surface area contributed by atoms with Crippen molar-refractivity contribution in [3.8, 4) is 0 Å². The van der Waals surface area contributed by atoms with E-state index in [0.717, 1.165) is 102 Å². The van der Waals surface area contributed by atoms with E-state index < -0.39 is 97.5 Å². The van der Waals surface area contributed by atoms with Crippen molar-refractivity contribution in [3.63, 3.8) is 0 Å². The largest absolute Gasteiger partial charge is 0.472 e. The Bertz CT molecular complexity index is 1770. The van der Waals surface area contributed by atoms with Crippen molar-refractivity contribution >= 4 is 39.5 Å². The molecule has 0 bridgehead atoms. The Balaban J connectivity index is 5.26. The zero-order chi connectivity index (χ0) is 67.2. The third kappa shape index (κ3) is 65.1. The summed E-state index contributed by atoms with van der Waals surface area (Å²) in [5.41, 5.74) is 0. The molecule has 0 aromatic carbocycles. The van der Waals surface area contributed by atoms with E-state index in [9.17, 15) is 43.2 Å². The zero-order valence-corrected chi connectivity index (χ0v) is 60.9. The van der Waals surface area contributed by atoms with Crippen molar-refractivity contribution in [1.29, 1.82) is 0 Å². The van der Waals surface area contributed by atoms with Gasteiger partial charge in [0, 0.05) is 25.7 Å². The molecular formula is C72H140O17P2. The van der Waals surface area contributed by atoms with Gasteiger partial charge in [-0.3, -0.25) is 37.3 Å². The Labute approximate surface area is 556 Å². The molecule has 0 fully saturated rings. The molecular weight excluding hydrogens is 1200 g/mol. The van der Waals surface area contributed by atoms with Crippen LogP contribution in [0.15, 0.2) is 0 Å². The number of phosphoric acid groups is 2. The van der Waals surface area contributed by atoms with E-state index in [2.05, 4.69) is 41.5 Å². The second kappa shape index (κ2) is 64.1. The Kier molecular flexibility index (Phi) is 62.7. The summed E-state index contributed by atoms with van der Waals surface area (Å²) < 4.78 is 68.4. The SMILES string of the molecule is CCCCCCCCCCCCCCCCC(=O)OC[C@H](COP(=O)(O)OC[C@@H](O)COP(=O)(O)OC[C@@H](COC(=O)CCCCCCCCCCCC)OC(=O)CCCCCCCCCCCCC(C)C)OC(=O)CCCCCCCCCCCCC(C)CC. The van der Waals surface area contributed by atoms with Gasteiger partial charge in [0.1, 0.15) is 19.3 Å². The minimum absolute atomic E-state index is 0.106. The van der Waals surface area contributed by atoms with Crippen LogP contribution >= 0.6 is 15.6 Å². The number of rotatable bonds is 71. The Morgan fingerprint density at radius 1 is 0.319 bits per heavy atom. The fraction of sp³-hybridized carbons (Fsp3) is 0.944. The summed E-state index contributed by atoms with van der Waals surface area (Å²) >= 11 is 0. The summed E-state index contributed by atoms with van der Waals surface area (Å²) in [4.78, 5) is 72.6. The lowest BCUT2D eigenvalue weighted by molar-refractivity contribution is -0.161. The van der Waals surface area contributed by atoms with Gasteiger partial charge in [0.15, 0.2) is 12.2 Å². The van der Waals surface area contributed by atoms with Crippen LogP contribution in [0, 0.1) is 11.8 Å². The average molecular weight is 1340 g/mol. The molecule has 0 aliphatic heterocycles. The fourth-order valence-corrected chi connectivity index (χ4v) is 12.5. The number of hydrogen-bond donors (Lipinski definition) is 3. The van der Waals surface area contributed by atoms with Crippen LogP contribution in [0.1, 0.15) is 369 Å². The van der Waals surface area contributed by atoms with E-state index in [4.69, 9.17) is 37.0 Å². The van der Waals surface area contributed by atoms with Gasteiger partial charge in [-0.1, -0.05) is 318 Å². The lowest BCUT2D eigenvalue weighted by atomic mass is 9.99. The van der Waals surface area contributed by atoms with E-state index in [-0.39, 0.29) is 25.7 Å². The first-order valence-electron chi connectivity index (χ1n) is 37.5. The maximum absolute atomic E-state index is 13.0. The van der Waals surface area contributed by atoms with E-state index in [1.165, 1.54) is 186 Å². The fourth-order valence-electron chi connectivity index (χ4n) is 10.9. The molecule has 0 saturated heterocycles. The molecule has 91 heavy (non-hydrogen) atoms. The van der Waals surface area contributed by atoms with Crippen molar-refractivity contribution in [1.82, 2.24) is 0 Å². The Morgan fingerprint density at radius 2 is 0.560 bits per heavy atom. The van der Waals surface area contributed by atoms with Crippen LogP contribution < -0.4 is 0 Å². The van der Waals surface area contributed by atoms with Crippen molar-refractivity contribution in [2.45, 2.75) is 387 Å². The molecule has 0 heterocycles. The normalized spacial score (nSPS) is 14.4. The highest BCUT2D eigenvalue weighted by Gasteiger charge is 2.30. The van der Waals surface area contributed by atoms with Crippen LogP contribution in [0.25, 0.3) is 0 Å². The number of ether oxygens (including phenoxy) is 4. The minimum Gasteiger partial charge on any atom is -0.462 e. The first-order chi connectivity index (χ1) is 43.9. The second-order valence-electron chi connectivity index (χ2n) is 26.7. The van der Waals surface area contributed by atoms with Gasteiger partial charge in [-0.05, 0) is 37.5 Å². The number of carbonyl (C=O) groups excluding carboxylic acids is 4. The van der Waals surface area contributed by atoms with Gasteiger partial charge in [-0.15, -0.1) is 0 Å². The van der Waals surface area contributed by atoms with E-state index in [0.29, 0.717) is 25.7 Å². The highest BCUT2D eigenvalue weighted by Crippen LogP contribution is 2.45. The molecule has 540 valence electrons. The maximum atomic E-state index is 13.0. The number of aliphatic hydroxyl groups is 1. The van der Waals surface area contributed by atoms with Gasteiger partial charge in [-0.25, -0.2) is 9.13 Å². The number of unbranched alkanes of at least 4 members (excludes halogenated alkanes) is 40. The first-order valence-corrected chi connectivity index (χ1v) is 40.5. The predicted molar refractivity (Wildman–Crippen MR) is 368 cm³/mol. The summed E-state index contributed by atoms with van der Waals surface area (Å²) in [6.45, 7) is 9.58. The van der Waals surface area contributed by atoms with E-state index in [1.54, 1.807) is 0 Å². The van der Waals surface area contributed by atoms with E-state index >= 15 is 0 Å². The topological polar surface area (TPSA) is 237 Å². The van der Waals surface area contributed by atoms with Crippen LogP contribution in [0.2, 0.25) is 0 Å². The van der Waals surface area contributed by atoms with Crippen LogP contribution in [-0.4, -0.2) is 96.7 Å². The third-order valence-corrected chi connectivity index (χ3v) is 19.0. The standard InChI is InChI=1S/C72H140O17P2/c1-7-10-12-14-16-18-20-21-22-23-31-37-43-49-55-70(75)83-61-68(89-72(77)57-51-45-39-33-27-25-29-35-41-47-53-65(6)9-3)63-87-91(80,81)85-59-66(73)58-84-90(78,79)86-62-67(60-82-69(74)54-48-42-36-30-19-17-15-13-11-8-2)88-71(76)56-50-44-38-32-26-24-28-34-40-46-52-64(4)5/h64-68,73H,7-63H2,1-6H3,(H,78,79)(H,80,81)/t65?,66-,67+,68+/m0/s1. The molecule has 0 rings (SSSR count). The van der Waals surface area contributed by atoms with E-state index in [1.807, 2.05) is 0 Å². The average Bonchev–Trinajstić information content (AvgIpc) is 3.73. The molecule has 0 aliphatic rings. The summed E-state index contributed by atoms with van der Waals surface area (Å²) in [7, 11) is -9.90. The van der Waals surface area contributed by atoms with Crippen molar-refractivity contribution in [3.05, 3.63) is 0 Å². The monoisotopic (exact) mass is 1340 g/mol. The molecule has 0 amide bonds. The molecule has 3 N–H and O–H groups in total. The van der Waals surface area contributed by atoms with Gasteiger partial charge in [0.05, 0.1) is 26.4 Å².